The van der Waals surface area contributed by atoms with Crippen molar-refractivity contribution < 1.29 is 19.4 Å². The number of amides is 2. The molecule has 2 fully saturated rings. The number of aromatic nitrogens is 1. The number of nitrogens with zero attached hydrogens (tertiary/aromatic N) is 3. The van der Waals surface area contributed by atoms with E-state index in [0.717, 1.165) is 47.5 Å². The number of hydrogen-bond acceptors (Lipinski definition) is 6. The van der Waals surface area contributed by atoms with Crippen LogP contribution in [0.25, 0.3) is 11.1 Å². The molecule has 0 unspecified atom stereocenters. The van der Waals surface area contributed by atoms with Gasteiger partial charge in [-0.25, -0.2) is 9.78 Å². The van der Waals surface area contributed by atoms with Crippen molar-refractivity contribution in [2.45, 2.75) is 69.7 Å². The Kier molecular flexibility index (Phi) is 7.55. The summed E-state index contributed by atoms with van der Waals surface area (Å²) in [6.07, 6.45) is 4.02. The first kappa shape index (κ1) is 27.6. The Labute approximate surface area is 235 Å². The van der Waals surface area contributed by atoms with Crippen LogP contribution in [-0.4, -0.2) is 51.7 Å². The van der Waals surface area contributed by atoms with E-state index in [4.69, 9.17) is 10.5 Å². The van der Waals surface area contributed by atoms with Crippen molar-refractivity contribution in [3.05, 3.63) is 84.1 Å². The number of aliphatic hydroxyl groups is 1. The van der Waals surface area contributed by atoms with Gasteiger partial charge in [0.1, 0.15) is 17.5 Å². The third kappa shape index (κ3) is 5.68. The van der Waals surface area contributed by atoms with Gasteiger partial charge in [-0.15, -0.1) is 0 Å². The molecule has 210 valence electrons. The molecule has 2 saturated heterocycles. The molecule has 3 N–H and O–H groups in total. The Morgan fingerprint density at radius 2 is 1.80 bits per heavy atom. The SMILES string of the molecule is C[C@@H](c1ccc(-c2ccc(N3CCC[C@H]3C(N)=O)nc2)cc1)N1CC[C@](CC(C)(C)O)(c2ccccc2)OC1=O. The van der Waals surface area contributed by atoms with Crippen LogP contribution in [0.3, 0.4) is 0 Å². The van der Waals surface area contributed by atoms with Gasteiger partial charge in [0.15, 0.2) is 0 Å². The summed E-state index contributed by atoms with van der Waals surface area (Å²) < 4.78 is 6.15. The van der Waals surface area contributed by atoms with Gasteiger partial charge in [0.25, 0.3) is 0 Å². The molecule has 2 amide bonds. The van der Waals surface area contributed by atoms with E-state index in [1.165, 1.54) is 0 Å². The monoisotopic (exact) mass is 542 g/mol. The molecular weight excluding hydrogens is 504 g/mol. The maximum Gasteiger partial charge on any atom is 0.411 e. The number of benzene rings is 2. The Morgan fingerprint density at radius 3 is 2.40 bits per heavy atom. The highest BCUT2D eigenvalue weighted by molar-refractivity contribution is 5.84. The molecule has 0 radical (unpaired) electrons. The quantitative estimate of drug-likeness (QED) is 0.407. The highest BCUT2D eigenvalue weighted by Crippen LogP contribution is 2.42. The molecular formula is C32H38N4O4. The number of carbonyl (C=O) groups is 2. The maximum atomic E-state index is 13.4. The summed E-state index contributed by atoms with van der Waals surface area (Å²) in [5, 5.41) is 10.6. The highest BCUT2D eigenvalue weighted by atomic mass is 16.6. The maximum absolute atomic E-state index is 13.4. The number of hydrogen-bond donors (Lipinski definition) is 2. The standard InChI is InChI=1S/C32H38N4O4/c1-22(35-19-17-32(40-30(35)38,21-31(2,3)39)26-8-5-4-6-9-26)23-11-13-24(14-12-23)25-15-16-28(34-20-25)36-18-7-10-27(36)29(33)37/h4-6,8-9,11-16,20,22,27,39H,7,10,17-19,21H2,1-3H3,(H2,33,37)/t22-,27-,32-/m0/s1. The molecule has 0 saturated carbocycles. The first-order chi connectivity index (χ1) is 19.1. The van der Waals surface area contributed by atoms with Crippen LogP contribution in [0.2, 0.25) is 0 Å². The minimum absolute atomic E-state index is 0.182. The number of cyclic esters (lactones) is 1. The summed E-state index contributed by atoms with van der Waals surface area (Å²) >= 11 is 0. The zero-order valence-electron chi connectivity index (χ0n) is 23.4. The second-order valence-corrected chi connectivity index (χ2v) is 11.6. The summed E-state index contributed by atoms with van der Waals surface area (Å²) in [5.74, 6) is 0.448. The van der Waals surface area contributed by atoms with Gasteiger partial charge in [0.05, 0.1) is 11.6 Å². The molecule has 40 heavy (non-hydrogen) atoms. The minimum atomic E-state index is -0.995. The van der Waals surface area contributed by atoms with Crippen LogP contribution in [0.15, 0.2) is 72.9 Å². The van der Waals surface area contributed by atoms with Gasteiger partial charge in [-0.3, -0.25) is 4.79 Å². The lowest BCUT2D eigenvalue weighted by atomic mass is 9.80. The molecule has 2 aliphatic heterocycles. The van der Waals surface area contributed by atoms with E-state index in [1.54, 1.807) is 18.7 Å². The lowest BCUT2D eigenvalue weighted by Gasteiger charge is -2.45. The van der Waals surface area contributed by atoms with E-state index in [9.17, 15) is 14.7 Å². The molecule has 0 aliphatic carbocycles. The van der Waals surface area contributed by atoms with Crippen molar-refractivity contribution in [2.24, 2.45) is 5.73 Å². The van der Waals surface area contributed by atoms with Crippen LogP contribution in [0.1, 0.15) is 63.6 Å². The largest absolute Gasteiger partial charge is 0.438 e. The number of anilines is 1. The predicted octanol–water partition coefficient (Wildman–Crippen LogP) is 5.16. The number of rotatable bonds is 8. The lowest BCUT2D eigenvalue weighted by molar-refractivity contribution is -0.119. The van der Waals surface area contributed by atoms with Gasteiger partial charge in [-0.1, -0.05) is 54.6 Å². The fourth-order valence-electron chi connectivity index (χ4n) is 6.09. The molecule has 0 bridgehead atoms. The van der Waals surface area contributed by atoms with Gasteiger partial charge >= 0.3 is 6.09 Å². The van der Waals surface area contributed by atoms with Crippen molar-refractivity contribution >= 4 is 17.8 Å². The molecule has 3 aromatic rings. The molecule has 8 nitrogen and oxygen atoms in total. The van der Waals surface area contributed by atoms with E-state index < -0.39 is 11.2 Å². The molecule has 3 heterocycles. The smallest absolute Gasteiger partial charge is 0.411 e. The fraction of sp³-hybridized carbons (Fsp3) is 0.406. The van der Waals surface area contributed by atoms with Crippen LogP contribution < -0.4 is 10.6 Å². The fourth-order valence-corrected chi connectivity index (χ4v) is 6.09. The van der Waals surface area contributed by atoms with E-state index in [-0.39, 0.29) is 24.1 Å². The first-order valence-corrected chi connectivity index (χ1v) is 14.0. The van der Waals surface area contributed by atoms with Crippen LogP contribution >= 0.6 is 0 Å². The van der Waals surface area contributed by atoms with E-state index in [1.807, 2.05) is 84.8 Å². The Morgan fingerprint density at radius 1 is 1.10 bits per heavy atom. The van der Waals surface area contributed by atoms with E-state index >= 15 is 0 Å². The number of nitrogens with two attached hydrogens (primary N) is 1. The number of primary amides is 1. The van der Waals surface area contributed by atoms with Gasteiger partial charge < -0.3 is 25.4 Å². The topological polar surface area (TPSA) is 109 Å². The van der Waals surface area contributed by atoms with Crippen molar-refractivity contribution in [1.29, 1.82) is 0 Å². The van der Waals surface area contributed by atoms with Crippen LogP contribution in [0, 0.1) is 0 Å². The number of pyridine rings is 1. The molecule has 0 spiro atoms. The van der Waals surface area contributed by atoms with E-state index in [2.05, 4.69) is 4.98 Å². The van der Waals surface area contributed by atoms with E-state index in [0.29, 0.717) is 19.4 Å². The molecule has 5 rings (SSSR count). The molecule has 3 atom stereocenters. The molecule has 8 heteroatoms. The van der Waals surface area contributed by atoms with Crippen LogP contribution in [-0.2, 0) is 15.1 Å². The van der Waals surface area contributed by atoms with Gasteiger partial charge in [0.2, 0.25) is 5.91 Å². The second-order valence-electron chi connectivity index (χ2n) is 11.6. The summed E-state index contributed by atoms with van der Waals surface area (Å²) in [7, 11) is 0. The number of ether oxygens (including phenoxy) is 1. The highest BCUT2D eigenvalue weighted by Gasteiger charge is 2.46. The van der Waals surface area contributed by atoms with Gasteiger partial charge in [-0.2, -0.15) is 0 Å². The van der Waals surface area contributed by atoms with Crippen LogP contribution in [0.4, 0.5) is 10.6 Å². The van der Waals surface area contributed by atoms with Crippen molar-refractivity contribution in [3.8, 4) is 11.1 Å². The Hall–Kier alpha value is -3.91. The van der Waals surface area contributed by atoms with Crippen molar-refractivity contribution in [2.75, 3.05) is 18.0 Å². The normalized spacial score (nSPS) is 22.2. The Bertz CT molecular complexity index is 1340. The molecule has 1 aromatic heterocycles. The molecule has 2 aliphatic rings. The average Bonchev–Trinajstić information content (AvgIpc) is 3.43. The minimum Gasteiger partial charge on any atom is -0.438 e. The molecule has 2 aromatic carbocycles. The summed E-state index contributed by atoms with van der Waals surface area (Å²) in [4.78, 5) is 33.4. The predicted molar refractivity (Wildman–Crippen MR) is 154 cm³/mol. The zero-order valence-corrected chi connectivity index (χ0v) is 23.4. The summed E-state index contributed by atoms with van der Waals surface area (Å²) in [6.45, 7) is 6.78. The first-order valence-electron chi connectivity index (χ1n) is 14.0. The van der Waals surface area contributed by atoms with Crippen molar-refractivity contribution in [1.82, 2.24) is 9.88 Å². The Balaban J connectivity index is 1.28. The number of carbonyl (C=O) groups excluding carboxylic acids is 2. The summed E-state index contributed by atoms with van der Waals surface area (Å²) in [6, 6.07) is 21.3. The summed E-state index contributed by atoms with van der Waals surface area (Å²) in [5.41, 5.74) is 7.57. The average molecular weight is 543 g/mol. The second kappa shape index (κ2) is 10.9. The third-order valence-corrected chi connectivity index (χ3v) is 8.11. The zero-order chi connectivity index (χ0) is 28.5. The van der Waals surface area contributed by atoms with Gasteiger partial charge in [0, 0.05) is 37.7 Å². The van der Waals surface area contributed by atoms with Gasteiger partial charge in [-0.05, 0) is 62.4 Å². The third-order valence-electron chi connectivity index (χ3n) is 8.11. The lowest BCUT2D eigenvalue weighted by Crippen LogP contribution is -2.51. The van der Waals surface area contributed by atoms with Crippen LogP contribution in [0.5, 0.6) is 0 Å². The van der Waals surface area contributed by atoms with Crippen molar-refractivity contribution in [3.63, 3.8) is 0 Å².